The SMILES string of the molecule is COc1ccc2c(c1)NC1(CCN(S(=O)(=O)c3ccc(C)c(C)c3)CC1)c1cccn1-2. The molecule has 6 nitrogen and oxygen atoms in total. The van der Waals surface area contributed by atoms with Crippen LogP contribution in [0.25, 0.3) is 5.69 Å². The number of hydrogen-bond donors (Lipinski definition) is 1. The molecule has 1 aromatic heterocycles. The number of aryl methyl sites for hydroxylation is 2. The second-order valence-corrected chi connectivity index (χ2v) is 10.4. The van der Waals surface area contributed by atoms with Crippen molar-refractivity contribution in [2.24, 2.45) is 0 Å². The van der Waals surface area contributed by atoms with Crippen molar-refractivity contribution in [1.82, 2.24) is 8.87 Å². The standard InChI is InChI=1S/C24H27N3O3S/c1-17-6-8-20(15-18(17)2)31(28,29)26-13-10-24(11-14-26)23-5-4-12-27(23)22-9-7-19(30-3)16-21(22)25-24/h4-9,12,15-16,25H,10-11,13-14H2,1-3H3. The summed E-state index contributed by atoms with van der Waals surface area (Å²) in [4.78, 5) is 0.376. The number of piperidine rings is 1. The highest BCUT2D eigenvalue weighted by Gasteiger charge is 2.44. The molecule has 1 spiro atoms. The molecule has 0 unspecified atom stereocenters. The first kappa shape index (κ1) is 20.2. The number of methoxy groups -OCH3 is 1. The van der Waals surface area contributed by atoms with Gasteiger partial charge in [0.15, 0.2) is 0 Å². The fourth-order valence-corrected chi connectivity index (χ4v) is 6.30. The number of benzene rings is 2. The third kappa shape index (κ3) is 3.15. The largest absolute Gasteiger partial charge is 0.497 e. The highest BCUT2D eigenvalue weighted by atomic mass is 32.2. The molecule has 0 aliphatic carbocycles. The van der Waals surface area contributed by atoms with Crippen LogP contribution in [0.4, 0.5) is 5.69 Å². The zero-order chi connectivity index (χ0) is 21.8. The maximum absolute atomic E-state index is 13.3. The van der Waals surface area contributed by atoms with Crippen molar-refractivity contribution >= 4 is 15.7 Å². The molecule has 31 heavy (non-hydrogen) atoms. The Bertz CT molecular complexity index is 1250. The molecule has 3 heterocycles. The zero-order valence-corrected chi connectivity index (χ0v) is 18.9. The lowest BCUT2D eigenvalue weighted by molar-refractivity contribution is 0.247. The third-order valence-corrected chi connectivity index (χ3v) is 8.66. The highest BCUT2D eigenvalue weighted by molar-refractivity contribution is 7.89. The molecular formula is C24H27N3O3S. The fourth-order valence-electron chi connectivity index (χ4n) is 4.77. The molecule has 0 saturated carbocycles. The number of nitrogens with zero attached hydrogens (tertiary/aromatic N) is 2. The van der Waals surface area contributed by atoms with Crippen molar-refractivity contribution < 1.29 is 13.2 Å². The van der Waals surface area contributed by atoms with E-state index < -0.39 is 10.0 Å². The van der Waals surface area contributed by atoms with Gasteiger partial charge in [-0.2, -0.15) is 4.31 Å². The molecule has 1 fully saturated rings. The number of fused-ring (bicyclic) bond motifs is 4. The number of aromatic nitrogens is 1. The van der Waals surface area contributed by atoms with Gasteiger partial charge in [-0.3, -0.25) is 0 Å². The summed E-state index contributed by atoms with van der Waals surface area (Å²) in [5.74, 6) is 0.798. The van der Waals surface area contributed by atoms with E-state index in [0.29, 0.717) is 30.8 Å². The van der Waals surface area contributed by atoms with Gasteiger partial charge < -0.3 is 14.6 Å². The van der Waals surface area contributed by atoms with E-state index in [1.165, 1.54) is 5.69 Å². The van der Waals surface area contributed by atoms with E-state index in [2.05, 4.69) is 34.3 Å². The van der Waals surface area contributed by atoms with Crippen molar-refractivity contribution in [3.8, 4) is 11.4 Å². The summed E-state index contributed by atoms with van der Waals surface area (Å²) < 4.78 is 35.8. The average molecular weight is 438 g/mol. The molecule has 7 heteroatoms. The van der Waals surface area contributed by atoms with Gasteiger partial charge in [0.2, 0.25) is 10.0 Å². The third-order valence-electron chi connectivity index (χ3n) is 6.77. The lowest BCUT2D eigenvalue weighted by atomic mass is 9.83. The molecule has 0 atom stereocenters. The molecule has 5 rings (SSSR count). The first-order chi connectivity index (χ1) is 14.8. The van der Waals surface area contributed by atoms with Gasteiger partial charge in [0.25, 0.3) is 0 Å². The molecule has 2 aliphatic heterocycles. The minimum Gasteiger partial charge on any atom is -0.497 e. The number of ether oxygens (including phenoxy) is 1. The molecule has 0 amide bonds. The van der Waals surface area contributed by atoms with Crippen LogP contribution in [-0.2, 0) is 15.6 Å². The fraction of sp³-hybridized carbons (Fsp3) is 0.333. The highest BCUT2D eigenvalue weighted by Crippen LogP contribution is 2.45. The predicted octanol–water partition coefficient (Wildman–Crippen LogP) is 4.21. The van der Waals surface area contributed by atoms with Gasteiger partial charge in [-0.15, -0.1) is 0 Å². The van der Waals surface area contributed by atoms with Crippen molar-refractivity contribution in [2.45, 2.75) is 37.1 Å². The van der Waals surface area contributed by atoms with E-state index in [1.54, 1.807) is 23.5 Å². The van der Waals surface area contributed by atoms with Gasteiger partial charge in [-0.1, -0.05) is 6.07 Å². The number of rotatable bonds is 3. The van der Waals surface area contributed by atoms with Crippen molar-refractivity contribution in [1.29, 1.82) is 0 Å². The second-order valence-electron chi connectivity index (χ2n) is 8.50. The molecule has 2 aromatic carbocycles. The van der Waals surface area contributed by atoms with Crippen molar-refractivity contribution in [2.75, 3.05) is 25.5 Å². The summed E-state index contributed by atoms with van der Waals surface area (Å²) in [6.07, 6.45) is 3.46. The Kier molecular flexibility index (Phi) is 4.64. The van der Waals surface area contributed by atoms with E-state index >= 15 is 0 Å². The smallest absolute Gasteiger partial charge is 0.243 e. The van der Waals surface area contributed by atoms with Crippen LogP contribution in [0.2, 0.25) is 0 Å². The van der Waals surface area contributed by atoms with Crippen molar-refractivity contribution in [3.05, 3.63) is 71.5 Å². The maximum atomic E-state index is 13.3. The minimum atomic E-state index is -3.51. The van der Waals surface area contributed by atoms with Crippen LogP contribution in [0.15, 0.2) is 59.6 Å². The molecule has 1 saturated heterocycles. The van der Waals surface area contributed by atoms with Gasteiger partial charge in [-0.05, 0) is 74.2 Å². The zero-order valence-electron chi connectivity index (χ0n) is 18.1. The Morgan fingerprint density at radius 1 is 1.00 bits per heavy atom. The summed E-state index contributed by atoms with van der Waals surface area (Å²) in [6.45, 7) is 4.87. The quantitative estimate of drug-likeness (QED) is 0.667. The average Bonchev–Trinajstić information content (AvgIpc) is 3.27. The summed E-state index contributed by atoms with van der Waals surface area (Å²) >= 11 is 0. The van der Waals surface area contributed by atoms with Gasteiger partial charge in [0, 0.05) is 31.0 Å². The van der Waals surface area contributed by atoms with E-state index in [-0.39, 0.29) is 5.54 Å². The number of nitrogens with one attached hydrogen (secondary N) is 1. The lowest BCUT2D eigenvalue weighted by Gasteiger charge is -2.46. The van der Waals surface area contributed by atoms with Crippen LogP contribution in [0.5, 0.6) is 5.75 Å². The summed E-state index contributed by atoms with van der Waals surface area (Å²) in [5.41, 5.74) is 5.04. The number of hydrogen-bond acceptors (Lipinski definition) is 4. The monoisotopic (exact) mass is 437 g/mol. The van der Waals surface area contributed by atoms with Crippen LogP contribution < -0.4 is 10.1 Å². The molecule has 0 bridgehead atoms. The van der Waals surface area contributed by atoms with Gasteiger partial charge in [-0.25, -0.2) is 8.42 Å². The molecule has 162 valence electrons. The molecule has 2 aliphatic rings. The van der Waals surface area contributed by atoms with Crippen molar-refractivity contribution in [3.63, 3.8) is 0 Å². The van der Waals surface area contributed by atoms with Crippen LogP contribution >= 0.6 is 0 Å². The van der Waals surface area contributed by atoms with E-state index in [9.17, 15) is 8.42 Å². The molecular weight excluding hydrogens is 410 g/mol. The Labute approximate surface area is 183 Å². The van der Waals surface area contributed by atoms with Crippen LogP contribution in [-0.4, -0.2) is 37.5 Å². The van der Waals surface area contributed by atoms with E-state index in [0.717, 1.165) is 28.3 Å². The predicted molar refractivity (Wildman–Crippen MR) is 122 cm³/mol. The first-order valence-electron chi connectivity index (χ1n) is 10.6. The Morgan fingerprint density at radius 2 is 1.77 bits per heavy atom. The number of anilines is 1. The maximum Gasteiger partial charge on any atom is 0.243 e. The molecule has 0 radical (unpaired) electrons. The van der Waals surface area contributed by atoms with Gasteiger partial charge in [0.1, 0.15) is 5.75 Å². The first-order valence-corrected chi connectivity index (χ1v) is 12.0. The Morgan fingerprint density at radius 3 is 2.48 bits per heavy atom. The Balaban J connectivity index is 1.45. The van der Waals surface area contributed by atoms with Crippen LogP contribution in [0.1, 0.15) is 29.7 Å². The van der Waals surface area contributed by atoms with Gasteiger partial charge >= 0.3 is 0 Å². The summed E-state index contributed by atoms with van der Waals surface area (Å²) in [6, 6.07) is 15.6. The molecule has 3 aromatic rings. The van der Waals surface area contributed by atoms with E-state index in [4.69, 9.17) is 4.74 Å². The normalized spacial score (nSPS) is 17.6. The Hall–Kier alpha value is -2.77. The van der Waals surface area contributed by atoms with Crippen LogP contribution in [0, 0.1) is 13.8 Å². The number of sulfonamides is 1. The summed E-state index contributed by atoms with van der Waals surface area (Å²) in [7, 11) is -1.85. The van der Waals surface area contributed by atoms with Gasteiger partial charge in [0.05, 0.1) is 28.9 Å². The molecule has 1 N–H and O–H groups in total. The summed E-state index contributed by atoms with van der Waals surface area (Å²) in [5, 5.41) is 3.74. The second kappa shape index (κ2) is 7.14. The topological polar surface area (TPSA) is 63.6 Å². The lowest BCUT2D eigenvalue weighted by Crippen LogP contribution is -2.51. The minimum absolute atomic E-state index is 0.307. The van der Waals surface area contributed by atoms with E-state index in [1.807, 2.05) is 32.0 Å². The van der Waals surface area contributed by atoms with Crippen LogP contribution in [0.3, 0.4) is 0 Å².